The van der Waals surface area contributed by atoms with Crippen molar-refractivity contribution in [1.82, 2.24) is 0 Å². The smallest absolute Gasteiger partial charge is 0.345 e. The van der Waals surface area contributed by atoms with Gasteiger partial charge in [0.15, 0.2) is 9.84 Å². The molecule has 1 aliphatic heterocycles. The molecule has 5 rings (SSSR count). The molecule has 1 amide bonds. The van der Waals surface area contributed by atoms with E-state index in [0.717, 1.165) is 34.3 Å². The van der Waals surface area contributed by atoms with E-state index in [4.69, 9.17) is 10.5 Å². The molecule has 13 heteroatoms. The van der Waals surface area contributed by atoms with Crippen LogP contribution in [0.2, 0.25) is 0 Å². The Morgan fingerprint density at radius 1 is 0.792 bits per heavy atom. The molecule has 0 saturated heterocycles. The Balaban J connectivity index is 1.55. The Morgan fingerprint density at radius 2 is 1.33 bits per heavy atom. The number of alkyl halides is 2. The van der Waals surface area contributed by atoms with Crippen molar-refractivity contribution in [3.63, 3.8) is 0 Å². The van der Waals surface area contributed by atoms with Crippen molar-refractivity contribution in [2.24, 2.45) is 0 Å². The van der Waals surface area contributed by atoms with Crippen molar-refractivity contribution in [3.8, 4) is 0 Å². The van der Waals surface area contributed by atoms with Gasteiger partial charge in [0.05, 0.1) is 0 Å². The van der Waals surface area contributed by atoms with Gasteiger partial charge in [0.2, 0.25) is 5.91 Å². The molecule has 1 unspecified atom stereocenters. The number of aliphatic carboxylic acids is 2. The molecule has 10 nitrogen and oxygen atoms in total. The minimum absolute atomic E-state index is 0.0614. The molecule has 7 N–H and O–H groups in total. The molecule has 1 aliphatic rings. The zero-order valence-electron chi connectivity index (χ0n) is 25.6. The molecule has 0 aromatic heterocycles. The third kappa shape index (κ3) is 7.64. The van der Waals surface area contributed by atoms with Gasteiger partial charge in [0.25, 0.3) is 0 Å². The molecule has 248 valence electrons. The lowest BCUT2D eigenvalue weighted by molar-refractivity contribution is -0.141. The first-order valence-corrected chi connectivity index (χ1v) is 17.1. The highest BCUT2D eigenvalue weighted by Crippen LogP contribution is 2.68. The summed E-state index contributed by atoms with van der Waals surface area (Å²) in [5.41, 5.74) is 12.2. The number of nitrogen functional groups attached to an aromatic ring is 1. The number of halogens is 2. The molecule has 0 saturated carbocycles. The number of hydrogen-bond donors (Lipinski definition) is 6. The fraction of sp³-hybridized carbons (Fsp3) is 0.171. The van der Waals surface area contributed by atoms with E-state index in [0.29, 0.717) is 35.6 Å². The molecule has 48 heavy (non-hydrogen) atoms. The zero-order chi connectivity index (χ0) is 34.5. The molecule has 0 radical (unpaired) electrons. The second-order valence-electron chi connectivity index (χ2n) is 11.0. The van der Waals surface area contributed by atoms with E-state index in [2.05, 4.69) is 47.8 Å². The molecule has 0 aliphatic carbocycles. The number of carboxylic acids is 2. The first-order valence-electron chi connectivity index (χ1n) is 14.7. The number of carbonyl (C=O) groups is 3. The number of anilines is 4. The van der Waals surface area contributed by atoms with Gasteiger partial charge in [-0.25, -0.2) is 9.59 Å². The summed E-state index contributed by atoms with van der Waals surface area (Å²) in [6.45, 7) is 1.66. The number of benzene rings is 4. The topological polar surface area (TPSA) is 163 Å². The van der Waals surface area contributed by atoms with Gasteiger partial charge in [-0.05, 0) is 70.8 Å². The number of nitrogens with two attached hydrogens (primary N) is 1. The summed E-state index contributed by atoms with van der Waals surface area (Å²) >= 11 is 8.59. The summed E-state index contributed by atoms with van der Waals surface area (Å²) in [5.74, 6) is -2.72. The number of allylic oxidation sites excluding steroid dienone is 1. The average molecular weight is 797 g/mol. The fourth-order valence-electron chi connectivity index (χ4n) is 5.41. The minimum atomic E-state index is -1.39. The minimum Gasteiger partial charge on any atom is -0.482 e. The van der Waals surface area contributed by atoms with E-state index >= 15 is 0 Å². The Hall–Kier alpha value is -4.46. The largest absolute Gasteiger partial charge is 0.482 e. The molecule has 1 atom stereocenters. The van der Waals surface area contributed by atoms with Crippen LogP contribution in [0.4, 0.5) is 22.7 Å². The fourth-order valence-corrected chi connectivity index (χ4v) is 9.11. The summed E-state index contributed by atoms with van der Waals surface area (Å²) < 4.78 is 3.09. The van der Waals surface area contributed by atoms with Crippen molar-refractivity contribution in [3.05, 3.63) is 130 Å². The lowest BCUT2D eigenvalue weighted by atomic mass is 9.86. The van der Waals surface area contributed by atoms with Crippen LogP contribution in [0.1, 0.15) is 29.2 Å². The van der Waals surface area contributed by atoms with Crippen molar-refractivity contribution in [2.75, 3.05) is 28.3 Å². The number of rotatable bonds is 13. The van der Waals surface area contributed by atoms with Gasteiger partial charge in [-0.2, -0.15) is 0 Å². The van der Waals surface area contributed by atoms with E-state index in [-0.39, 0.29) is 16.6 Å². The molecule has 0 bridgehead atoms. The van der Waals surface area contributed by atoms with Gasteiger partial charge in [0, 0.05) is 42.8 Å². The summed E-state index contributed by atoms with van der Waals surface area (Å²) in [6.07, 6.45) is 0. The number of thioether (sulfide) groups is 1. The molecule has 1 heterocycles. The lowest BCUT2D eigenvalue weighted by Crippen LogP contribution is -2.40. The second kappa shape index (κ2) is 14.8. The first-order chi connectivity index (χ1) is 22.9. The average Bonchev–Trinajstić information content (AvgIpc) is 3.29. The maximum atomic E-state index is 12.7. The first kappa shape index (κ1) is 34.9. The van der Waals surface area contributed by atoms with E-state index in [1.54, 1.807) is 0 Å². The van der Waals surface area contributed by atoms with Crippen LogP contribution in [0.5, 0.6) is 0 Å². The summed E-state index contributed by atoms with van der Waals surface area (Å²) in [6, 6.07) is 30.2. The van der Waals surface area contributed by atoms with E-state index in [9.17, 15) is 24.6 Å². The number of nitrogens with one attached hydrogen (secondary N) is 3. The van der Waals surface area contributed by atoms with Crippen LogP contribution >= 0.6 is 43.6 Å². The standard InChI is InChI=1S/C35H32Br2N4O6S/c1-21(42)41-29-13-3-7-23(15-29)19-40-28-12-5-9-25(17-28)34(35(36,37)32(47-20-30(43)44)31(48-34)33(45)46)24-8-4-11-27(16-24)39-18-22-6-2-10-26(38)14-22/h2-17,39-40H,18-20,38H2,1H3,(H,41,42)(H,43,44)(H,45,46). The molecule has 0 fully saturated rings. The van der Waals surface area contributed by atoms with Crippen molar-refractivity contribution in [1.29, 1.82) is 0 Å². The maximum absolute atomic E-state index is 12.7. The Kier molecular flexibility index (Phi) is 10.7. The van der Waals surface area contributed by atoms with Crippen LogP contribution in [0, 0.1) is 0 Å². The van der Waals surface area contributed by atoms with Crippen molar-refractivity contribution >= 4 is 84.2 Å². The summed E-state index contributed by atoms with van der Waals surface area (Å²) in [7, 11) is 0. The number of carboxylic acid groups (broad SMARTS) is 2. The predicted octanol–water partition coefficient (Wildman–Crippen LogP) is 7.33. The third-order valence-electron chi connectivity index (χ3n) is 7.45. The van der Waals surface area contributed by atoms with E-state index in [1.165, 1.54) is 6.92 Å². The monoisotopic (exact) mass is 794 g/mol. The van der Waals surface area contributed by atoms with Gasteiger partial charge in [-0.15, -0.1) is 0 Å². The van der Waals surface area contributed by atoms with Gasteiger partial charge in [-0.1, -0.05) is 92.2 Å². The van der Waals surface area contributed by atoms with Crippen LogP contribution in [0.15, 0.2) is 108 Å². The summed E-state index contributed by atoms with van der Waals surface area (Å²) in [5, 5.41) is 29.4. The molecular weight excluding hydrogens is 764 g/mol. The molecular formula is C35H32Br2N4O6S. The SMILES string of the molecule is CC(=O)Nc1cccc(CNc2cccc(C3(c4cccc(NCc5cccc(N)c5)c4)SC(C(=O)O)=C(OCC(=O)O)C3(Br)Br)c2)c1. The Labute approximate surface area is 298 Å². The number of ether oxygens (including phenoxy) is 1. The normalized spacial score (nSPS) is 16.6. The quantitative estimate of drug-likeness (QED) is 0.0597. The Morgan fingerprint density at radius 3 is 1.88 bits per heavy atom. The van der Waals surface area contributed by atoms with E-state index in [1.807, 2.05) is 97.1 Å². The number of carbonyl (C=O) groups excluding carboxylic acids is 1. The zero-order valence-corrected chi connectivity index (χ0v) is 29.6. The highest BCUT2D eigenvalue weighted by molar-refractivity contribution is 9.25. The van der Waals surface area contributed by atoms with Crippen LogP contribution in [0.25, 0.3) is 0 Å². The summed E-state index contributed by atoms with van der Waals surface area (Å²) in [4.78, 5) is 35.6. The van der Waals surface area contributed by atoms with Crippen molar-refractivity contribution < 1.29 is 29.3 Å². The van der Waals surface area contributed by atoms with Crippen LogP contribution in [-0.4, -0.2) is 37.9 Å². The molecule has 4 aromatic rings. The van der Waals surface area contributed by atoms with Gasteiger partial charge < -0.3 is 36.6 Å². The third-order valence-corrected chi connectivity index (χ3v) is 11.5. The van der Waals surface area contributed by atoms with Gasteiger partial charge in [0.1, 0.15) is 15.4 Å². The van der Waals surface area contributed by atoms with Crippen LogP contribution in [-0.2, 0) is 37.0 Å². The lowest BCUT2D eigenvalue weighted by Gasteiger charge is -2.40. The predicted molar refractivity (Wildman–Crippen MR) is 196 cm³/mol. The second-order valence-corrected chi connectivity index (χ2v) is 15.7. The highest BCUT2D eigenvalue weighted by atomic mass is 79.9. The number of hydrogen-bond acceptors (Lipinski definition) is 8. The van der Waals surface area contributed by atoms with Crippen LogP contribution < -0.4 is 21.7 Å². The van der Waals surface area contributed by atoms with Gasteiger partial charge in [-0.3, -0.25) is 4.79 Å². The maximum Gasteiger partial charge on any atom is 0.345 e. The molecule has 0 spiro atoms. The van der Waals surface area contributed by atoms with Crippen molar-refractivity contribution in [2.45, 2.75) is 28.0 Å². The number of amides is 1. The molecule has 4 aromatic carbocycles. The van der Waals surface area contributed by atoms with Crippen LogP contribution in [0.3, 0.4) is 0 Å². The highest BCUT2D eigenvalue weighted by Gasteiger charge is 2.62. The van der Waals surface area contributed by atoms with E-state index < -0.39 is 26.5 Å². The Bertz CT molecular complexity index is 1900. The van der Waals surface area contributed by atoms with Gasteiger partial charge >= 0.3 is 11.9 Å².